The topological polar surface area (TPSA) is 112 Å². The molecule has 1 aromatic rings. The van der Waals surface area contributed by atoms with E-state index in [1.54, 1.807) is 25.4 Å². The predicted molar refractivity (Wildman–Crippen MR) is 75.1 cm³/mol. The molecule has 8 nitrogen and oxygen atoms in total. The molecule has 1 aromatic carbocycles. The van der Waals surface area contributed by atoms with Gasteiger partial charge >= 0.3 is 7.82 Å². The summed E-state index contributed by atoms with van der Waals surface area (Å²) in [4.78, 5) is 21.6. The van der Waals surface area contributed by atoms with E-state index < -0.39 is 7.82 Å². The zero-order chi connectivity index (χ0) is 15.8. The van der Waals surface area contributed by atoms with Crippen molar-refractivity contribution < 1.29 is 28.7 Å². The highest BCUT2D eigenvalue weighted by molar-refractivity contribution is 7.45. The lowest BCUT2D eigenvalue weighted by Gasteiger charge is -2.10. The standard InChI is InChI=1S/C11H16N2O2.H3O4P/c1-13(2)12-8-9-6-5-7-10(14-3)11(9)15-4;1-5(2,3)4/h5-8H,1-4H3;(H3,1,2,3,4). The van der Waals surface area contributed by atoms with Crippen LogP contribution in [0.15, 0.2) is 23.3 Å². The molecule has 9 heteroatoms. The van der Waals surface area contributed by atoms with Crippen LogP contribution in [0.1, 0.15) is 5.56 Å². The normalized spacial score (nSPS) is 10.8. The molecule has 0 radical (unpaired) electrons. The molecule has 3 N–H and O–H groups in total. The summed E-state index contributed by atoms with van der Waals surface area (Å²) < 4.78 is 19.3. The number of rotatable bonds is 4. The summed E-state index contributed by atoms with van der Waals surface area (Å²) in [6, 6.07) is 5.68. The molecule has 1 rings (SSSR count). The van der Waals surface area contributed by atoms with Crippen LogP contribution in [-0.4, -0.2) is 54.2 Å². The summed E-state index contributed by atoms with van der Waals surface area (Å²) in [5.74, 6) is 1.41. The third-order valence-corrected chi connectivity index (χ3v) is 1.86. The molecule has 0 aliphatic heterocycles. The molecule has 114 valence electrons. The molecule has 0 saturated carbocycles. The maximum Gasteiger partial charge on any atom is 0.466 e. The smallest absolute Gasteiger partial charge is 0.466 e. The minimum absolute atomic E-state index is 0.700. The summed E-state index contributed by atoms with van der Waals surface area (Å²) in [6.45, 7) is 0. The van der Waals surface area contributed by atoms with Crippen molar-refractivity contribution in [2.24, 2.45) is 5.10 Å². The first-order valence-electron chi connectivity index (χ1n) is 5.39. The molecule has 0 aromatic heterocycles. The van der Waals surface area contributed by atoms with Gasteiger partial charge in [0, 0.05) is 19.7 Å². The van der Waals surface area contributed by atoms with Gasteiger partial charge in [0.05, 0.1) is 20.4 Å². The molecule has 0 fully saturated rings. The van der Waals surface area contributed by atoms with E-state index in [2.05, 4.69) is 5.10 Å². The van der Waals surface area contributed by atoms with Crippen LogP contribution in [-0.2, 0) is 4.57 Å². The SMILES string of the molecule is COc1cccc(C=NN(C)C)c1OC.O=P(O)(O)O. The fraction of sp³-hybridized carbons (Fsp3) is 0.364. The zero-order valence-electron chi connectivity index (χ0n) is 11.7. The molecule has 0 spiro atoms. The van der Waals surface area contributed by atoms with E-state index in [1.165, 1.54) is 0 Å². The van der Waals surface area contributed by atoms with Crippen LogP contribution in [0.4, 0.5) is 0 Å². The number of hydrogen-bond donors (Lipinski definition) is 3. The molecule has 0 saturated heterocycles. The fourth-order valence-electron chi connectivity index (χ4n) is 1.19. The molecule has 0 heterocycles. The molecule has 0 unspecified atom stereocenters. The van der Waals surface area contributed by atoms with E-state index in [9.17, 15) is 0 Å². The van der Waals surface area contributed by atoms with Crippen molar-refractivity contribution in [1.82, 2.24) is 5.01 Å². The van der Waals surface area contributed by atoms with Gasteiger partial charge in [-0.05, 0) is 12.1 Å². The lowest BCUT2D eigenvalue weighted by Crippen LogP contribution is -2.03. The van der Waals surface area contributed by atoms with Gasteiger partial charge in [0.1, 0.15) is 0 Å². The van der Waals surface area contributed by atoms with Crippen LogP contribution in [0.3, 0.4) is 0 Å². The van der Waals surface area contributed by atoms with Crippen molar-refractivity contribution in [3.63, 3.8) is 0 Å². The first-order valence-corrected chi connectivity index (χ1v) is 6.96. The number of hydrogen-bond acceptors (Lipinski definition) is 5. The highest BCUT2D eigenvalue weighted by atomic mass is 31.2. The Balaban J connectivity index is 0.000000621. The molecule has 0 atom stereocenters. The summed E-state index contributed by atoms with van der Waals surface area (Å²) in [6.07, 6.45) is 1.74. The second-order valence-electron chi connectivity index (χ2n) is 3.69. The van der Waals surface area contributed by atoms with E-state index in [4.69, 9.17) is 28.7 Å². The molecule has 0 bridgehead atoms. The van der Waals surface area contributed by atoms with Gasteiger partial charge < -0.3 is 29.2 Å². The van der Waals surface area contributed by atoms with Gasteiger partial charge in [0.2, 0.25) is 0 Å². The molecule has 0 aliphatic rings. The number of methoxy groups -OCH3 is 2. The Morgan fingerprint density at radius 3 is 2.15 bits per heavy atom. The number of hydrazone groups is 1. The van der Waals surface area contributed by atoms with Crippen LogP contribution in [0.2, 0.25) is 0 Å². The third-order valence-electron chi connectivity index (χ3n) is 1.86. The van der Waals surface area contributed by atoms with Crippen molar-refractivity contribution in [3.8, 4) is 11.5 Å². The maximum absolute atomic E-state index is 8.88. The van der Waals surface area contributed by atoms with Crippen molar-refractivity contribution in [3.05, 3.63) is 23.8 Å². The van der Waals surface area contributed by atoms with Gasteiger partial charge in [-0.1, -0.05) is 6.07 Å². The van der Waals surface area contributed by atoms with Crippen molar-refractivity contribution in [2.45, 2.75) is 0 Å². The van der Waals surface area contributed by atoms with Gasteiger partial charge in [-0.15, -0.1) is 0 Å². The maximum atomic E-state index is 8.88. The van der Waals surface area contributed by atoms with Crippen molar-refractivity contribution in [2.75, 3.05) is 28.3 Å². The summed E-state index contributed by atoms with van der Waals surface area (Å²) in [5, 5.41) is 5.87. The molecule has 20 heavy (non-hydrogen) atoms. The Hall–Kier alpha value is -1.60. The van der Waals surface area contributed by atoms with E-state index >= 15 is 0 Å². The Morgan fingerprint density at radius 1 is 1.20 bits per heavy atom. The second kappa shape index (κ2) is 8.55. The number of benzene rings is 1. The lowest BCUT2D eigenvalue weighted by molar-refractivity contribution is 0.275. The van der Waals surface area contributed by atoms with Crippen LogP contribution < -0.4 is 9.47 Å². The lowest BCUT2D eigenvalue weighted by atomic mass is 10.2. The Bertz CT molecular complexity index is 478. The minimum atomic E-state index is -4.64. The Morgan fingerprint density at radius 2 is 1.75 bits per heavy atom. The molecule has 0 aliphatic carbocycles. The van der Waals surface area contributed by atoms with E-state index in [0.717, 1.165) is 5.56 Å². The average Bonchev–Trinajstić information content (AvgIpc) is 2.33. The van der Waals surface area contributed by atoms with Gasteiger partial charge in [-0.2, -0.15) is 5.10 Å². The van der Waals surface area contributed by atoms with Gasteiger partial charge in [0.25, 0.3) is 0 Å². The van der Waals surface area contributed by atoms with E-state index in [-0.39, 0.29) is 0 Å². The van der Waals surface area contributed by atoms with Gasteiger partial charge in [0.15, 0.2) is 11.5 Å². The average molecular weight is 306 g/mol. The van der Waals surface area contributed by atoms with Gasteiger partial charge in [-0.3, -0.25) is 0 Å². The van der Waals surface area contributed by atoms with Crippen LogP contribution in [0, 0.1) is 0 Å². The van der Waals surface area contributed by atoms with Crippen LogP contribution >= 0.6 is 7.82 Å². The Labute approximate surface area is 117 Å². The zero-order valence-corrected chi connectivity index (χ0v) is 12.6. The largest absolute Gasteiger partial charge is 0.493 e. The quantitative estimate of drug-likeness (QED) is 0.426. The monoisotopic (exact) mass is 306 g/mol. The Kier molecular flexibility index (Phi) is 7.86. The van der Waals surface area contributed by atoms with Crippen molar-refractivity contribution >= 4 is 14.0 Å². The summed E-state index contributed by atoms with van der Waals surface area (Å²) >= 11 is 0. The number of phosphoric acid groups is 1. The minimum Gasteiger partial charge on any atom is -0.493 e. The number of ether oxygens (including phenoxy) is 2. The predicted octanol–water partition coefficient (Wildman–Crippen LogP) is 0.671. The first kappa shape index (κ1) is 18.4. The summed E-state index contributed by atoms with van der Waals surface area (Å²) in [5.41, 5.74) is 0.894. The molecular weight excluding hydrogens is 287 g/mol. The fourth-order valence-corrected chi connectivity index (χ4v) is 1.19. The highest BCUT2D eigenvalue weighted by Gasteiger charge is 2.06. The highest BCUT2D eigenvalue weighted by Crippen LogP contribution is 2.29. The van der Waals surface area contributed by atoms with Gasteiger partial charge in [-0.25, -0.2) is 4.57 Å². The van der Waals surface area contributed by atoms with Crippen molar-refractivity contribution in [1.29, 1.82) is 0 Å². The van der Waals surface area contributed by atoms with Crippen LogP contribution in [0.25, 0.3) is 0 Å². The third kappa shape index (κ3) is 8.49. The molecule has 0 amide bonds. The van der Waals surface area contributed by atoms with Crippen LogP contribution in [0.5, 0.6) is 11.5 Å². The second-order valence-corrected chi connectivity index (χ2v) is 4.71. The van der Waals surface area contributed by atoms with E-state index in [1.807, 2.05) is 32.3 Å². The first-order chi connectivity index (χ1) is 9.19. The van der Waals surface area contributed by atoms with E-state index in [0.29, 0.717) is 11.5 Å². The number of para-hydroxylation sites is 1. The number of nitrogens with zero attached hydrogens (tertiary/aromatic N) is 2. The summed E-state index contributed by atoms with van der Waals surface area (Å²) in [7, 11) is 2.32. The molecular formula is C11H19N2O6P.